The van der Waals surface area contributed by atoms with E-state index in [0.717, 1.165) is 0 Å². The van der Waals surface area contributed by atoms with E-state index in [1.54, 1.807) is 24.3 Å². The lowest BCUT2D eigenvalue weighted by atomic mass is 9.98. The number of piperidine rings is 1. The molecule has 7 nitrogen and oxygen atoms in total. The van der Waals surface area contributed by atoms with Crippen LogP contribution < -0.4 is 5.32 Å². The van der Waals surface area contributed by atoms with Crippen molar-refractivity contribution >= 4 is 21.9 Å². The third-order valence-corrected chi connectivity index (χ3v) is 6.16. The molecule has 0 radical (unpaired) electrons. The van der Waals surface area contributed by atoms with Crippen molar-refractivity contribution in [1.82, 2.24) is 9.62 Å². The number of hydrogen-bond donors (Lipinski definition) is 2. The van der Waals surface area contributed by atoms with E-state index >= 15 is 0 Å². The van der Waals surface area contributed by atoms with Gasteiger partial charge >= 0.3 is 5.97 Å². The van der Waals surface area contributed by atoms with Gasteiger partial charge in [-0.1, -0.05) is 37.3 Å². The van der Waals surface area contributed by atoms with E-state index < -0.39 is 27.8 Å². The van der Waals surface area contributed by atoms with Crippen LogP contribution in [0.4, 0.5) is 0 Å². The van der Waals surface area contributed by atoms with Crippen LogP contribution in [0.3, 0.4) is 0 Å². The number of sulfonamides is 1. The summed E-state index contributed by atoms with van der Waals surface area (Å²) in [6, 6.07) is 8.94. The second-order valence-corrected chi connectivity index (χ2v) is 8.39. The SMILES string of the molecule is CC(CNC(=O)C1CCCN(S(=O)(=O)Cc2ccccc2)C1)C(=O)O. The molecule has 1 amide bonds. The minimum Gasteiger partial charge on any atom is -0.481 e. The van der Waals surface area contributed by atoms with E-state index in [-0.39, 0.29) is 24.7 Å². The number of carboxylic acid groups (broad SMARTS) is 1. The third kappa shape index (κ3) is 5.54. The lowest BCUT2D eigenvalue weighted by molar-refractivity contribution is -0.141. The first-order valence-corrected chi connectivity index (χ1v) is 9.93. The zero-order valence-electron chi connectivity index (χ0n) is 14.2. The van der Waals surface area contributed by atoms with Gasteiger partial charge < -0.3 is 10.4 Å². The first kappa shape index (κ1) is 19.4. The molecule has 1 heterocycles. The van der Waals surface area contributed by atoms with E-state index in [2.05, 4.69) is 5.32 Å². The summed E-state index contributed by atoms with van der Waals surface area (Å²) < 4.78 is 26.6. The highest BCUT2D eigenvalue weighted by atomic mass is 32.2. The number of amides is 1. The van der Waals surface area contributed by atoms with Gasteiger partial charge in [-0.3, -0.25) is 9.59 Å². The van der Waals surface area contributed by atoms with Crippen molar-refractivity contribution in [1.29, 1.82) is 0 Å². The largest absolute Gasteiger partial charge is 0.481 e. The molecular formula is C17H24N2O5S. The van der Waals surface area contributed by atoms with Crippen molar-refractivity contribution in [3.8, 4) is 0 Å². The molecule has 25 heavy (non-hydrogen) atoms. The fourth-order valence-electron chi connectivity index (χ4n) is 2.77. The number of rotatable bonds is 7. The van der Waals surface area contributed by atoms with Crippen LogP contribution in [-0.4, -0.2) is 49.3 Å². The van der Waals surface area contributed by atoms with E-state index in [4.69, 9.17) is 5.11 Å². The summed E-state index contributed by atoms with van der Waals surface area (Å²) in [5.41, 5.74) is 0.712. The minimum atomic E-state index is -3.49. The van der Waals surface area contributed by atoms with Gasteiger partial charge in [0.05, 0.1) is 17.6 Å². The zero-order chi connectivity index (χ0) is 18.4. The molecule has 1 aliphatic rings. The van der Waals surface area contributed by atoms with E-state index in [1.165, 1.54) is 11.2 Å². The second kappa shape index (κ2) is 8.44. The molecule has 138 valence electrons. The molecule has 2 unspecified atom stereocenters. The van der Waals surface area contributed by atoms with E-state index in [9.17, 15) is 18.0 Å². The fraction of sp³-hybridized carbons (Fsp3) is 0.529. The number of carboxylic acids is 1. The van der Waals surface area contributed by atoms with Gasteiger partial charge in [-0.15, -0.1) is 0 Å². The molecule has 8 heteroatoms. The van der Waals surface area contributed by atoms with Crippen molar-refractivity contribution in [3.63, 3.8) is 0 Å². The molecule has 1 saturated heterocycles. The number of nitrogens with one attached hydrogen (secondary N) is 1. The Morgan fingerprint density at radius 2 is 2.00 bits per heavy atom. The molecule has 1 aromatic carbocycles. The number of carbonyl (C=O) groups excluding carboxylic acids is 1. The minimum absolute atomic E-state index is 0.0431. The lowest BCUT2D eigenvalue weighted by Gasteiger charge is -2.31. The molecular weight excluding hydrogens is 344 g/mol. The maximum atomic E-state index is 12.6. The summed E-state index contributed by atoms with van der Waals surface area (Å²) in [6.45, 7) is 2.11. The van der Waals surface area contributed by atoms with Crippen LogP contribution in [0, 0.1) is 11.8 Å². The molecule has 2 atom stereocenters. The Hall–Kier alpha value is -1.93. The predicted octanol–water partition coefficient (Wildman–Crippen LogP) is 1.07. The number of aliphatic carboxylic acids is 1. The van der Waals surface area contributed by atoms with Crippen molar-refractivity contribution in [2.24, 2.45) is 11.8 Å². The van der Waals surface area contributed by atoms with Crippen LogP contribution in [-0.2, 0) is 25.4 Å². The van der Waals surface area contributed by atoms with Gasteiger partial charge in [0.15, 0.2) is 0 Å². The van der Waals surface area contributed by atoms with Gasteiger partial charge in [-0.2, -0.15) is 0 Å². The Bertz CT molecular complexity index is 705. The van der Waals surface area contributed by atoms with Gasteiger partial charge in [0.25, 0.3) is 0 Å². The monoisotopic (exact) mass is 368 g/mol. The second-order valence-electron chi connectivity index (χ2n) is 6.42. The number of carbonyl (C=O) groups is 2. The average molecular weight is 368 g/mol. The molecule has 1 aliphatic heterocycles. The van der Waals surface area contributed by atoms with E-state index in [1.807, 2.05) is 6.07 Å². The highest BCUT2D eigenvalue weighted by Crippen LogP contribution is 2.21. The maximum Gasteiger partial charge on any atom is 0.308 e. The van der Waals surface area contributed by atoms with Crippen LogP contribution in [0.1, 0.15) is 25.3 Å². The van der Waals surface area contributed by atoms with Crippen LogP contribution in [0.5, 0.6) is 0 Å². The molecule has 0 aliphatic carbocycles. The fourth-order valence-corrected chi connectivity index (χ4v) is 4.38. The van der Waals surface area contributed by atoms with Crippen molar-refractivity contribution in [2.75, 3.05) is 19.6 Å². The lowest BCUT2D eigenvalue weighted by Crippen LogP contribution is -2.46. The molecule has 0 bridgehead atoms. The van der Waals surface area contributed by atoms with Crippen molar-refractivity contribution < 1.29 is 23.1 Å². The van der Waals surface area contributed by atoms with Gasteiger partial charge in [0.1, 0.15) is 0 Å². The summed E-state index contributed by atoms with van der Waals surface area (Å²) >= 11 is 0. The highest BCUT2D eigenvalue weighted by molar-refractivity contribution is 7.88. The summed E-state index contributed by atoms with van der Waals surface area (Å²) in [5, 5.41) is 11.5. The third-order valence-electron chi connectivity index (χ3n) is 4.34. The Labute approximate surface area is 148 Å². The molecule has 2 rings (SSSR count). The van der Waals surface area contributed by atoms with Gasteiger partial charge in [0, 0.05) is 19.6 Å². The Kier molecular flexibility index (Phi) is 6.55. The topological polar surface area (TPSA) is 104 Å². The Morgan fingerprint density at radius 3 is 2.64 bits per heavy atom. The zero-order valence-corrected chi connectivity index (χ0v) is 15.0. The van der Waals surface area contributed by atoms with Crippen LogP contribution in [0.15, 0.2) is 30.3 Å². The van der Waals surface area contributed by atoms with Crippen LogP contribution in [0.25, 0.3) is 0 Å². The molecule has 1 fully saturated rings. The average Bonchev–Trinajstić information content (AvgIpc) is 2.59. The Morgan fingerprint density at radius 1 is 1.32 bits per heavy atom. The standard InChI is InChI=1S/C17H24N2O5S/c1-13(17(21)22)10-18-16(20)15-8-5-9-19(11-15)25(23,24)12-14-6-3-2-4-7-14/h2-4,6-7,13,15H,5,8-12H2,1H3,(H,18,20)(H,21,22). The summed E-state index contributed by atoms with van der Waals surface area (Å²) in [6.07, 6.45) is 1.21. The number of benzene rings is 1. The molecule has 0 aromatic heterocycles. The normalized spacial score (nSPS) is 20.0. The van der Waals surface area contributed by atoms with Gasteiger partial charge in [-0.25, -0.2) is 12.7 Å². The highest BCUT2D eigenvalue weighted by Gasteiger charge is 2.32. The van der Waals surface area contributed by atoms with Gasteiger partial charge in [-0.05, 0) is 18.4 Å². The van der Waals surface area contributed by atoms with Gasteiger partial charge in [0.2, 0.25) is 15.9 Å². The summed E-state index contributed by atoms with van der Waals surface area (Å²) in [5.74, 6) is -2.47. The van der Waals surface area contributed by atoms with Crippen LogP contribution in [0.2, 0.25) is 0 Å². The maximum absolute atomic E-state index is 12.6. The molecule has 2 N–H and O–H groups in total. The summed E-state index contributed by atoms with van der Waals surface area (Å²) in [7, 11) is -3.49. The molecule has 1 aromatic rings. The van der Waals surface area contributed by atoms with Crippen LogP contribution >= 0.6 is 0 Å². The Balaban J connectivity index is 1.95. The van der Waals surface area contributed by atoms with Crippen molar-refractivity contribution in [2.45, 2.75) is 25.5 Å². The molecule has 0 spiro atoms. The predicted molar refractivity (Wildman–Crippen MR) is 93.2 cm³/mol. The quantitative estimate of drug-likeness (QED) is 0.749. The first-order chi connectivity index (χ1) is 11.8. The first-order valence-electron chi connectivity index (χ1n) is 8.32. The van der Waals surface area contributed by atoms with Crippen molar-refractivity contribution in [3.05, 3.63) is 35.9 Å². The number of nitrogens with zero attached hydrogens (tertiary/aromatic N) is 1. The smallest absolute Gasteiger partial charge is 0.308 e. The molecule has 0 saturated carbocycles. The van der Waals surface area contributed by atoms with E-state index in [0.29, 0.717) is 24.9 Å². The number of hydrogen-bond acceptors (Lipinski definition) is 4. The summed E-state index contributed by atoms with van der Waals surface area (Å²) in [4.78, 5) is 23.0.